The van der Waals surface area contributed by atoms with E-state index in [2.05, 4.69) is 10.3 Å². The van der Waals surface area contributed by atoms with Crippen LogP contribution in [0.25, 0.3) is 0 Å². The number of oxazole rings is 1. The molecular weight excluding hydrogens is 355 g/mol. The first-order valence-corrected chi connectivity index (χ1v) is 8.85. The number of carbonyl (C=O) groups is 1. The minimum atomic E-state index is -4.38. The second-order valence-electron chi connectivity index (χ2n) is 5.34. The Morgan fingerprint density at radius 3 is 2.64 bits per heavy atom. The van der Waals surface area contributed by atoms with Crippen molar-refractivity contribution in [1.82, 2.24) is 10.3 Å². The topological polar surface area (TPSA) is 81.1 Å². The fraction of sp³-hybridized carbons (Fsp3) is 0.375. The fourth-order valence-electron chi connectivity index (χ4n) is 2.01. The molecule has 0 aliphatic rings. The number of aromatic nitrogens is 1. The molecule has 25 heavy (non-hydrogen) atoms. The molecule has 9 heteroatoms. The summed E-state index contributed by atoms with van der Waals surface area (Å²) in [5, 5.41) is 2.58. The van der Waals surface area contributed by atoms with Crippen molar-refractivity contribution in [2.45, 2.75) is 25.2 Å². The zero-order valence-corrected chi connectivity index (χ0v) is 14.3. The van der Waals surface area contributed by atoms with Crippen LogP contribution in [0.3, 0.4) is 0 Å². The van der Waals surface area contributed by atoms with Crippen molar-refractivity contribution < 1.29 is 22.4 Å². The Kier molecular flexibility index (Phi) is 6.49. The Labute approximate surface area is 147 Å². The van der Waals surface area contributed by atoms with Gasteiger partial charge in [-0.3, -0.25) is 4.79 Å². The van der Waals surface area contributed by atoms with Crippen LogP contribution in [0.2, 0.25) is 0 Å². The number of amides is 1. The molecule has 0 aliphatic heterocycles. The summed E-state index contributed by atoms with van der Waals surface area (Å²) in [6.45, 7) is 0.0810. The molecule has 1 unspecified atom stereocenters. The van der Waals surface area contributed by atoms with Crippen molar-refractivity contribution in [2.24, 2.45) is 5.73 Å². The number of nitrogens with one attached hydrogen (secondary N) is 1. The largest absolute Gasteiger partial charge is 0.446 e. The van der Waals surface area contributed by atoms with E-state index in [1.165, 1.54) is 18.4 Å². The van der Waals surface area contributed by atoms with Gasteiger partial charge in [0.25, 0.3) is 5.91 Å². The van der Waals surface area contributed by atoms with Gasteiger partial charge in [0.2, 0.25) is 5.89 Å². The third-order valence-corrected chi connectivity index (χ3v) is 4.08. The first-order chi connectivity index (χ1) is 11.8. The normalized spacial score (nSPS) is 12.8. The lowest BCUT2D eigenvalue weighted by atomic mass is 10.1. The number of thioether (sulfide) groups is 1. The molecule has 1 amide bonds. The monoisotopic (exact) mass is 373 g/mol. The molecule has 2 aromatic rings. The van der Waals surface area contributed by atoms with E-state index in [9.17, 15) is 18.0 Å². The van der Waals surface area contributed by atoms with Crippen molar-refractivity contribution in [3.8, 4) is 0 Å². The molecule has 0 spiro atoms. The second kappa shape index (κ2) is 8.39. The fourth-order valence-corrected chi connectivity index (χ4v) is 2.50. The predicted octanol–water partition coefficient (Wildman–Crippen LogP) is 3.38. The smallest absolute Gasteiger partial charge is 0.416 e. The minimum absolute atomic E-state index is 0.0810. The molecular formula is C16H18F3N3O2S. The maximum absolute atomic E-state index is 12.5. The minimum Gasteiger partial charge on any atom is -0.446 e. The summed E-state index contributed by atoms with van der Waals surface area (Å²) in [6, 6.07) is 4.19. The van der Waals surface area contributed by atoms with Gasteiger partial charge < -0.3 is 15.5 Å². The van der Waals surface area contributed by atoms with Crippen LogP contribution in [0.5, 0.6) is 0 Å². The zero-order valence-electron chi connectivity index (χ0n) is 13.5. The van der Waals surface area contributed by atoms with Crippen molar-refractivity contribution in [3.05, 3.63) is 53.2 Å². The second-order valence-corrected chi connectivity index (χ2v) is 6.32. The third kappa shape index (κ3) is 5.50. The lowest BCUT2D eigenvalue weighted by molar-refractivity contribution is -0.137. The average Bonchev–Trinajstić information content (AvgIpc) is 3.07. The molecule has 0 bridgehead atoms. The first-order valence-electron chi connectivity index (χ1n) is 7.45. The maximum atomic E-state index is 12.5. The highest BCUT2D eigenvalue weighted by molar-refractivity contribution is 7.98. The van der Waals surface area contributed by atoms with Gasteiger partial charge in [0, 0.05) is 6.54 Å². The molecule has 0 saturated heterocycles. The predicted molar refractivity (Wildman–Crippen MR) is 89.0 cm³/mol. The van der Waals surface area contributed by atoms with Crippen LogP contribution >= 0.6 is 11.8 Å². The Balaban J connectivity index is 1.91. The number of halogens is 3. The number of benzene rings is 1. The summed E-state index contributed by atoms with van der Waals surface area (Å²) in [5.74, 6) is 0.652. The molecule has 3 N–H and O–H groups in total. The average molecular weight is 373 g/mol. The van der Waals surface area contributed by atoms with Crippen LogP contribution in [0.4, 0.5) is 13.2 Å². The van der Waals surface area contributed by atoms with Crippen molar-refractivity contribution in [3.63, 3.8) is 0 Å². The molecule has 0 saturated carbocycles. The van der Waals surface area contributed by atoms with Gasteiger partial charge in [-0.25, -0.2) is 4.98 Å². The number of nitrogens with zero attached hydrogens (tertiary/aromatic N) is 1. The quantitative estimate of drug-likeness (QED) is 0.778. The Hall–Kier alpha value is -2.00. The molecule has 1 aromatic carbocycles. The van der Waals surface area contributed by atoms with E-state index in [0.717, 1.165) is 17.9 Å². The highest BCUT2D eigenvalue weighted by Crippen LogP contribution is 2.29. The summed E-state index contributed by atoms with van der Waals surface area (Å²) in [5.41, 5.74) is 5.81. The highest BCUT2D eigenvalue weighted by Gasteiger charge is 2.29. The van der Waals surface area contributed by atoms with Crippen LogP contribution < -0.4 is 11.1 Å². The van der Waals surface area contributed by atoms with Crippen LogP contribution in [0.15, 0.2) is 34.9 Å². The zero-order chi connectivity index (χ0) is 18.4. The van der Waals surface area contributed by atoms with E-state index in [1.54, 1.807) is 11.8 Å². The van der Waals surface area contributed by atoms with E-state index in [1.807, 2.05) is 6.26 Å². The number of alkyl halides is 3. The maximum Gasteiger partial charge on any atom is 0.416 e. The van der Waals surface area contributed by atoms with Gasteiger partial charge in [0.1, 0.15) is 6.26 Å². The van der Waals surface area contributed by atoms with Crippen LogP contribution in [-0.4, -0.2) is 22.9 Å². The van der Waals surface area contributed by atoms with Crippen molar-refractivity contribution in [1.29, 1.82) is 0 Å². The number of hydrogen-bond acceptors (Lipinski definition) is 5. The Morgan fingerprint density at radius 1 is 1.36 bits per heavy atom. The summed E-state index contributed by atoms with van der Waals surface area (Å²) in [6.07, 6.45) is -0.527. The van der Waals surface area contributed by atoms with E-state index >= 15 is 0 Å². The molecule has 0 aliphatic carbocycles. The number of nitrogens with two attached hydrogens (primary N) is 1. The number of hydrogen-bond donors (Lipinski definition) is 2. The first kappa shape index (κ1) is 19.3. The van der Waals surface area contributed by atoms with Gasteiger partial charge in [-0.1, -0.05) is 12.1 Å². The van der Waals surface area contributed by atoms with Gasteiger partial charge in [-0.2, -0.15) is 24.9 Å². The third-order valence-electron chi connectivity index (χ3n) is 3.44. The van der Waals surface area contributed by atoms with E-state index in [4.69, 9.17) is 10.2 Å². The number of rotatable bonds is 7. The summed E-state index contributed by atoms with van der Waals surface area (Å²) in [4.78, 5) is 16.1. The SMILES string of the molecule is CSCCC(N)c1nc(C(=O)NCc2ccc(C(F)(F)F)cc2)co1. The van der Waals surface area contributed by atoms with E-state index in [-0.39, 0.29) is 24.2 Å². The van der Waals surface area contributed by atoms with E-state index in [0.29, 0.717) is 12.0 Å². The van der Waals surface area contributed by atoms with Gasteiger partial charge in [-0.05, 0) is 36.1 Å². The molecule has 1 aromatic heterocycles. The molecule has 5 nitrogen and oxygen atoms in total. The molecule has 1 heterocycles. The standard InChI is InChI=1S/C16H18F3N3O2S/c1-25-7-6-12(20)15-22-13(9-24-15)14(23)21-8-10-2-4-11(5-3-10)16(17,18)19/h2-5,9,12H,6-8,20H2,1H3,(H,21,23). The summed E-state index contributed by atoms with van der Waals surface area (Å²) < 4.78 is 42.7. The highest BCUT2D eigenvalue weighted by atomic mass is 32.2. The van der Waals surface area contributed by atoms with Crippen molar-refractivity contribution >= 4 is 17.7 Å². The van der Waals surface area contributed by atoms with Crippen LogP contribution in [-0.2, 0) is 12.7 Å². The van der Waals surface area contributed by atoms with Crippen molar-refractivity contribution in [2.75, 3.05) is 12.0 Å². The van der Waals surface area contributed by atoms with Gasteiger partial charge in [-0.15, -0.1) is 0 Å². The van der Waals surface area contributed by atoms with Crippen LogP contribution in [0.1, 0.15) is 40.0 Å². The molecule has 0 radical (unpaired) electrons. The van der Waals surface area contributed by atoms with Gasteiger partial charge in [0.15, 0.2) is 5.69 Å². The lowest BCUT2D eigenvalue weighted by Crippen LogP contribution is -2.23. The van der Waals surface area contributed by atoms with Gasteiger partial charge >= 0.3 is 6.18 Å². The summed E-state index contributed by atoms with van der Waals surface area (Å²) >= 11 is 1.65. The number of carbonyl (C=O) groups excluding carboxylic acids is 1. The molecule has 2 rings (SSSR count). The van der Waals surface area contributed by atoms with Gasteiger partial charge in [0.05, 0.1) is 11.6 Å². The Bertz CT molecular complexity index is 701. The van der Waals surface area contributed by atoms with E-state index < -0.39 is 17.6 Å². The Morgan fingerprint density at radius 2 is 2.04 bits per heavy atom. The lowest BCUT2D eigenvalue weighted by Gasteiger charge is -2.08. The summed E-state index contributed by atoms with van der Waals surface area (Å²) in [7, 11) is 0. The molecule has 0 fully saturated rings. The molecule has 1 atom stereocenters. The molecule has 136 valence electrons. The van der Waals surface area contributed by atoms with Crippen LogP contribution in [0, 0.1) is 0 Å².